The van der Waals surface area contributed by atoms with Crippen LogP contribution in [-0.4, -0.2) is 70.0 Å². The summed E-state index contributed by atoms with van der Waals surface area (Å²) >= 11 is 0. The summed E-state index contributed by atoms with van der Waals surface area (Å²) in [6.07, 6.45) is 71.7. The van der Waals surface area contributed by atoms with Gasteiger partial charge in [0, 0.05) is 12.8 Å². The first kappa shape index (κ1) is 68.9. The first-order valence-corrected chi connectivity index (χ1v) is 30.4. The molecule has 9 nitrogen and oxygen atoms in total. The van der Waals surface area contributed by atoms with Crippen LogP contribution in [0.2, 0.25) is 0 Å². The number of phosphoric acid groups is 1. The molecule has 2 unspecified atom stereocenters. The van der Waals surface area contributed by atoms with Gasteiger partial charge in [0.25, 0.3) is 7.82 Å². The van der Waals surface area contributed by atoms with Crippen LogP contribution < -0.4 is 4.89 Å². The average molecular weight is 1030 g/mol. The quantitative estimate of drug-likeness (QED) is 0.0195. The molecule has 0 radical (unpaired) electrons. The third-order valence-corrected chi connectivity index (χ3v) is 13.1. The van der Waals surface area contributed by atoms with Gasteiger partial charge in [-0.1, -0.05) is 220 Å². The summed E-state index contributed by atoms with van der Waals surface area (Å²) in [5.74, 6) is -0.852. The molecule has 0 amide bonds. The number of phosphoric ester groups is 1. The number of quaternary nitrogens is 1. The third kappa shape index (κ3) is 56.2. The normalized spacial score (nSPS) is 14.0. The van der Waals surface area contributed by atoms with Crippen LogP contribution in [-0.2, 0) is 32.7 Å². The molecule has 0 N–H and O–H groups in total. The molecule has 414 valence electrons. The summed E-state index contributed by atoms with van der Waals surface area (Å²) in [6.45, 7) is 4.08. The van der Waals surface area contributed by atoms with Crippen LogP contribution in [0, 0.1) is 0 Å². The molecule has 0 aliphatic heterocycles. The molecule has 0 aliphatic carbocycles. The van der Waals surface area contributed by atoms with Gasteiger partial charge >= 0.3 is 11.9 Å². The number of unbranched alkanes of at least 4 members (excludes halogenated alkanes) is 22. The van der Waals surface area contributed by atoms with Gasteiger partial charge in [0.2, 0.25) is 0 Å². The third-order valence-electron chi connectivity index (χ3n) is 12.1. The van der Waals surface area contributed by atoms with Gasteiger partial charge in [-0.15, -0.1) is 0 Å². The number of esters is 2. The zero-order chi connectivity index (χ0) is 52.7. The van der Waals surface area contributed by atoms with Crippen molar-refractivity contribution in [2.24, 2.45) is 0 Å². The van der Waals surface area contributed by atoms with Crippen molar-refractivity contribution in [3.63, 3.8) is 0 Å². The molecule has 0 heterocycles. The van der Waals surface area contributed by atoms with Gasteiger partial charge in [-0.2, -0.15) is 0 Å². The minimum atomic E-state index is -4.64. The Morgan fingerprint density at radius 2 is 0.792 bits per heavy atom. The van der Waals surface area contributed by atoms with Crippen molar-refractivity contribution in [1.29, 1.82) is 0 Å². The number of ether oxygens (including phenoxy) is 2. The Morgan fingerprint density at radius 3 is 1.18 bits per heavy atom. The number of likely N-dealkylation sites (N-methyl/N-ethyl adjacent to an activating group) is 1. The molecule has 0 saturated carbocycles. The molecule has 0 spiro atoms. The maximum atomic E-state index is 12.8. The van der Waals surface area contributed by atoms with Crippen molar-refractivity contribution in [1.82, 2.24) is 0 Å². The highest BCUT2D eigenvalue weighted by Gasteiger charge is 2.21. The molecule has 0 fully saturated rings. The molecule has 0 aromatic rings. The van der Waals surface area contributed by atoms with E-state index in [0.29, 0.717) is 23.9 Å². The highest BCUT2D eigenvalue weighted by atomic mass is 31.2. The van der Waals surface area contributed by atoms with Crippen LogP contribution in [0.15, 0.2) is 97.2 Å². The monoisotopic (exact) mass is 1030 g/mol. The Morgan fingerprint density at radius 1 is 0.444 bits per heavy atom. The van der Waals surface area contributed by atoms with Crippen LogP contribution in [0.1, 0.15) is 232 Å². The second kappa shape index (κ2) is 52.8. The van der Waals surface area contributed by atoms with Gasteiger partial charge in [-0.3, -0.25) is 14.2 Å². The highest BCUT2D eigenvalue weighted by molar-refractivity contribution is 7.45. The lowest BCUT2D eigenvalue weighted by Crippen LogP contribution is -2.37. The van der Waals surface area contributed by atoms with Gasteiger partial charge in [-0.25, -0.2) is 0 Å². The molecule has 0 aromatic carbocycles. The van der Waals surface area contributed by atoms with E-state index in [1.165, 1.54) is 96.3 Å². The maximum Gasteiger partial charge on any atom is 0.306 e. The largest absolute Gasteiger partial charge is 0.756 e. The number of carbonyl (C=O) groups is 2. The van der Waals surface area contributed by atoms with Crippen molar-refractivity contribution in [3.8, 4) is 0 Å². The Balaban J connectivity index is 4.11. The van der Waals surface area contributed by atoms with Crippen LogP contribution in [0.25, 0.3) is 0 Å². The van der Waals surface area contributed by atoms with Crippen LogP contribution in [0.5, 0.6) is 0 Å². The molecule has 0 aromatic heterocycles. The SMILES string of the molecule is CC/C=C\C/C=C\C/C=C\C/C=C\C/C=C\C/C=C\CCCCCCCCCCCCCCCCC(=O)OC(COC(=O)CCCCCCC/C=C\C/C=C\CCCCC)COP(=O)([O-])OCC[N+](C)(C)C. The summed E-state index contributed by atoms with van der Waals surface area (Å²) in [6, 6.07) is 0. The highest BCUT2D eigenvalue weighted by Crippen LogP contribution is 2.38. The van der Waals surface area contributed by atoms with E-state index in [4.69, 9.17) is 18.5 Å². The Kier molecular flexibility index (Phi) is 50.5. The lowest BCUT2D eigenvalue weighted by molar-refractivity contribution is -0.870. The first-order valence-electron chi connectivity index (χ1n) is 28.9. The van der Waals surface area contributed by atoms with Crippen molar-refractivity contribution in [3.05, 3.63) is 97.2 Å². The second-order valence-electron chi connectivity index (χ2n) is 20.3. The lowest BCUT2D eigenvalue weighted by Gasteiger charge is -2.28. The van der Waals surface area contributed by atoms with E-state index in [-0.39, 0.29) is 26.1 Å². The summed E-state index contributed by atoms with van der Waals surface area (Å²) in [4.78, 5) is 37.8. The molecule has 10 heteroatoms. The summed E-state index contributed by atoms with van der Waals surface area (Å²) in [5.41, 5.74) is 0. The van der Waals surface area contributed by atoms with Crippen LogP contribution in [0.4, 0.5) is 0 Å². The average Bonchev–Trinajstić information content (AvgIpc) is 3.34. The molecule has 0 rings (SSSR count). The van der Waals surface area contributed by atoms with Gasteiger partial charge < -0.3 is 27.9 Å². The number of rotatable bonds is 52. The number of hydrogen-bond acceptors (Lipinski definition) is 8. The molecule has 0 saturated heterocycles. The van der Waals surface area contributed by atoms with Gasteiger partial charge in [0.05, 0.1) is 27.7 Å². The Hall–Kier alpha value is -3.07. The molecular weight excluding hydrogens is 918 g/mol. The maximum absolute atomic E-state index is 12.8. The topological polar surface area (TPSA) is 111 Å². The van der Waals surface area contributed by atoms with Crippen molar-refractivity contribution < 1.29 is 42.1 Å². The smallest absolute Gasteiger partial charge is 0.306 e. The molecular formula is C62H108NO8P. The van der Waals surface area contributed by atoms with Gasteiger partial charge in [0.1, 0.15) is 19.8 Å². The first-order chi connectivity index (χ1) is 35.0. The van der Waals surface area contributed by atoms with E-state index in [1.54, 1.807) is 0 Å². The van der Waals surface area contributed by atoms with Crippen molar-refractivity contribution >= 4 is 19.8 Å². The molecule has 2 atom stereocenters. The van der Waals surface area contributed by atoms with E-state index in [1.807, 2.05) is 21.1 Å². The summed E-state index contributed by atoms with van der Waals surface area (Å²) in [5, 5.41) is 0. The van der Waals surface area contributed by atoms with Gasteiger partial charge in [-0.05, 0) is 96.3 Å². The fourth-order valence-electron chi connectivity index (χ4n) is 7.63. The van der Waals surface area contributed by atoms with E-state index in [9.17, 15) is 19.0 Å². The zero-order valence-electron chi connectivity index (χ0n) is 46.8. The van der Waals surface area contributed by atoms with Crippen molar-refractivity contribution in [2.45, 2.75) is 238 Å². The molecule has 0 aliphatic rings. The number of nitrogens with zero attached hydrogens (tertiary/aromatic N) is 1. The van der Waals surface area contributed by atoms with Crippen molar-refractivity contribution in [2.75, 3.05) is 47.5 Å². The number of allylic oxidation sites excluding steroid dienone is 16. The zero-order valence-corrected chi connectivity index (χ0v) is 47.7. The van der Waals surface area contributed by atoms with E-state index < -0.39 is 32.5 Å². The molecule has 72 heavy (non-hydrogen) atoms. The van der Waals surface area contributed by atoms with Gasteiger partial charge in [0.15, 0.2) is 6.10 Å². The summed E-state index contributed by atoms with van der Waals surface area (Å²) < 4.78 is 34.1. The summed E-state index contributed by atoms with van der Waals surface area (Å²) in [7, 11) is 1.15. The van der Waals surface area contributed by atoms with Crippen LogP contribution >= 0.6 is 7.82 Å². The predicted molar refractivity (Wildman–Crippen MR) is 305 cm³/mol. The standard InChI is InChI=1S/C62H108NO8P/c1-6-8-10-12-14-16-18-20-22-23-24-25-26-27-28-29-30-31-32-33-34-35-36-37-38-39-41-43-45-47-49-51-53-55-62(65)71-60(59-70-72(66,67)69-57-56-63(3,4)5)58-68-61(64)54-52-50-48-46-44-42-40-21-19-17-15-13-11-9-7-2/h8,10,14-17,20-22,24-25,27-28,30-31,40,60H,6-7,9,11-13,18-19,23,26,29,32-39,41-59H2,1-5H3/b10-8-,16-14-,17-15-,22-20-,25-24-,28-27-,31-30-,40-21-. The van der Waals surface area contributed by atoms with E-state index in [2.05, 4.69) is 111 Å². The Labute approximate surface area is 443 Å². The Bertz CT molecular complexity index is 1540. The number of carbonyl (C=O) groups excluding carboxylic acids is 2. The molecule has 0 bridgehead atoms. The fourth-order valence-corrected chi connectivity index (χ4v) is 8.36. The minimum absolute atomic E-state index is 0.0367. The van der Waals surface area contributed by atoms with E-state index >= 15 is 0 Å². The predicted octanol–water partition coefficient (Wildman–Crippen LogP) is 17.4. The second-order valence-corrected chi connectivity index (χ2v) is 21.7. The lowest BCUT2D eigenvalue weighted by atomic mass is 10.0. The fraction of sp³-hybridized carbons (Fsp3) is 0.710. The number of hydrogen-bond donors (Lipinski definition) is 0. The van der Waals surface area contributed by atoms with Crippen LogP contribution in [0.3, 0.4) is 0 Å². The van der Waals surface area contributed by atoms with E-state index in [0.717, 1.165) is 96.3 Å². The minimum Gasteiger partial charge on any atom is -0.756 e.